The van der Waals surface area contributed by atoms with Crippen molar-refractivity contribution in [2.45, 2.75) is 25.4 Å². The summed E-state index contributed by atoms with van der Waals surface area (Å²) in [6, 6.07) is 16.9. The van der Waals surface area contributed by atoms with Gasteiger partial charge in [0, 0.05) is 24.3 Å². The van der Waals surface area contributed by atoms with Crippen LogP contribution in [0, 0.1) is 0 Å². The molecular formula is C18H20N4O2. The minimum atomic E-state index is -0.320. The largest absolute Gasteiger partial charge is 0.326 e. The summed E-state index contributed by atoms with van der Waals surface area (Å²) in [5.74, 6) is -0.258. The first-order chi connectivity index (χ1) is 11.6. The van der Waals surface area contributed by atoms with Gasteiger partial charge in [0.1, 0.15) is 6.04 Å². The average Bonchev–Trinajstić information content (AvgIpc) is 3.05. The minimum Gasteiger partial charge on any atom is -0.326 e. The maximum absolute atomic E-state index is 12.4. The molecule has 4 N–H and O–H groups in total. The van der Waals surface area contributed by atoms with E-state index in [0.29, 0.717) is 17.8 Å². The molecule has 2 aromatic rings. The van der Waals surface area contributed by atoms with Gasteiger partial charge in [-0.05, 0) is 30.2 Å². The summed E-state index contributed by atoms with van der Waals surface area (Å²) in [4.78, 5) is 23.5. The number of hydrazine groups is 1. The van der Waals surface area contributed by atoms with Crippen molar-refractivity contribution >= 4 is 23.2 Å². The fourth-order valence-corrected chi connectivity index (χ4v) is 2.74. The number of nitrogens with one attached hydrogen (secondary N) is 4. The fourth-order valence-electron chi connectivity index (χ4n) is 2.74. The molecule has 2 atom stereocenters. The Morgan fingerprint density at radius 2 is 1.67 bits per heavy atom. The number of anilines is 2. The third-order valence-electron chi connectivity index (χ3n) is 3.87. The van der Waals surface area contributed by atoms with Gasteiger partial charge >= 0.3 is 0 Å². The van der Waals surface area contributed by atoms with E-state index in [4.69, 9.17) is 0 Å². The van der Waals surface area contributed by atoms with Crippen LogP contribution in [0.25, 0.3) is 0 Å². The molecule has 1 aliphatic rings. The Kier molecular flexibility index (Phi) is 4.88. The van der Waals surface area contributed by atoms with Crippen molar-refractivity contribution in [3.8, 4) is 0 Å². The standard InChI is InChI=1S/C18H20N4O2/c1-12(23)19-14-8-5-9-15(10-14)20-18(24)17-11-16(21-22-17)13-6-3-2-4-7-13/h2-10,16-17,21-22H,11H2,1H3,(H,19,23)(H,20,24). The van der Waals surface area contributed by atoms with Crippen molar-refractivity contribution in [2.24, 2.45) is 0 Å². The number of hydrogen-bond donors (Lipinski definition) is 4. The van der Waals surface area contributed by atoms with E-state index in [9.17, 15) is 9.59 Å². The lowest BCUT2D eigenvalue weighted by atomic mass is 10.0. The van der Waals surface area contributed by atoms with Crippen LogP contribution >= 0.6 is 0 Å². The molecule has 6 nitrogen and oxygen atoms in total. The molecule has 3 rings (SSSR count). The van der Waals surface area contributed by atoms with Crippen LogP contribution in [0.5, 0.6) is 0 Å². The molecule has 2 aromatic carbocycles. The van der Waals surface area contributed by atoms with Crippen LogP contribution in [0.3, 0.4) is 0 Å². The highest BCUT2D eigenvalue weighted by Gasteiger charge is 2.30. The number of rotatable bonds is 4. The van der Waals surface area contributed by atoms with Crippen LogP contribution in [0.1, 0.15) is 24.9 Å². The predicted octanol–water partition coefficient (Wildman–Crippen LogP) is 2.19. The van der Waals surface area contributed by atoms with E-state index < -0.39 is 0 Å². The van der Waals surface area contributed by atoms with Crippen LogP contribution in [0.15, 0.2) is 54.6 Å². The van der Waals surface area contributed by atoms with Crippen molar-refractivity contribution in [3.63, 3.8) is 0 Å². The summed E-state index contributed by atoms with van der Waals surface area (Å²) in [6.07, 6.45) is 0.668. The van der Waals surface area contributed by atoms with Gasteiger partial charge in [-0.25, -0.2) is 10.9 Å². The molecule has 1 saturated heterocycles. The van der Waals surface area contributed by atoms with Gasteiger partial charge in [-0.1, -0.05) is 36.4 Å². The summed E-state index contributed by atoms with van der Waals surface area (Å²) in [7, 11) is 0. The molecule has 24 heavy (non-hydrogen) atoms. The third-order valence-corrected chi connectivity index (χ3v) is 3.87. The molecule has 1 fully saturated rings. The van der Waals surface area contributed by atoms with Crippen molar-refractivity contribution in [3.05, 3.63) is 60.2 Å². The van der Waals surface area contributed by atoms with Crippen LogP contribution < -0.4 is 21.5 Å². The van der Waals surface area contributed by atoms with E-state index in [1.165, 1.54) is 6.92 Å². The third kappa shape index (κ3) is 3.98. The molecule has 124 valence electrons. The van der Waals surface area contributed by atoms with E-state index in [-0.39, 0.29) is 23.9 Å². The normalized spacial score (nSPS) is 19.7. The molecule has 0 aromatic heterocycles. The van der Waals surface area contributed by atoms with Gasteiger partial charge in [0.25, 0.3) is 0 Å². The number of carbonyl (C=O) groups excluding carboxylic acids is 2. The molecule has 0 spiro atoms. The van der Waals surface area contributed by atoms with Crippen LogP contribution in [0.4, 0.5) is 11.4 Å². The number of benzene rings is 2. The summed E-state index contributed by atoms with van der Waals surface area (Å²) in [5, 5.41) is 5.58. The van der Waals surface area contributed by atoms with Crippen LogP contribution in [-0.2, 0) is 9.59 Å². The van der Waals surface area contributed by atoms with Crippen molar-refractivity contribution < 1.29 is 9.59 Å². The average molecular weight is 324 g/mol. The van der Waals surface area contributed by atoms with Crippen LogP contribution in [0.2, 0.25) is 0 Å². The Balaban J connectivity index is 1.61. The molecular weight excluding hydrogens is 304 g/mol. The molecule has 0 bridgehead atoms. The Labute approximate surface area is 140 Å². The monoisotopic (exact) mass is 324 g/mol. The maximum Gasteiger partial charge on any atom is 0.242 e. The summed E-state index contributed by atoms with van der Waals surface area (Å²) in [6.45, 7) is 1.45. The van der Waals surface area contributed by atoms with Crippen molar-refractivity contribution in [2.75, 3.05) is 10.6 Å². The molecule has 0 radical (unpaired) electrons. The van der Waals surface area contributed by atoms with Gasteiger partial charge < -0.3 is 10.6 Å². The minimum absolute atomic E-state index is 0.104. The Morgan fingerprint density at radius 3 is 2.38 bits per heavy atom. The zero-order valence-corrected chi connectivity index (χ0v) is 13.4. The second kappa shape index (κ2) is 7.25. The molecule has 2 amide bonds. The number of hydrogen-bond acceptors (Lipinski definition) is 4. The second-order valence-corrected chi connectivity index (χ2v) is 5.79. The second-order valence-electron chi connectivity index (χ2n) is 5.79. The van der Waals surface area contributed by atoms with Gasteiger partial charge in [-0.3, -0.25) is 9.59 Å². The van der Waals surface area contributed by atoms with Gasteiger partial charge in [-0.2, -0.15) is 0 Å². The zero-order valence-electron chi connectivity index (χ0n) is 13.4. The van der Waals surface area contributed by atoms with Crippen molar-refractivity contribution in [1.82, 2.24) is 10.9 Å². The van der Waals surface area contributed by atoms with E-state index in [2.05, 4.69) is 21.5 Å². The van der Waals surface area contributed by atoms with E-state index in [1.54, 1.807) is 24.3 Å². The maximum atomic E-state index is 12.4. The van der Waals surface area contributed by atoms with Gasteiger partial charge in [0.15, 0.2) is 0 Å². The molecule has 0 aliphatic carbocycles. The van der Waals surface area contributed by atoms with E-state index >= 15 is 0 Å². The number of carbonyl (C=O) groups is 2. The molecule has 1 heterocycles. The topological polar surface area (TPSA) is 82.3 Å². The smallest absolute Gasteiger partial charge is 0.242 e. The molecule has 0 saturated carbocycles. The molecule has 6 heteroatoms. The fraction of sp³-hybridized carbons (Fsp3) is 0.222. The lowest BCUT2D eigenvalue weighted by molar-refractivity contribution is -0.118. The van der Waals surface area contributed by atoms with Gasteiger partial charge in [-0.15, -0.1) is 0 Å². The first-order valence-corrected chi connectivity index (χ1v) is 7.86. The Morgan fingerprint density at radius 1 is 0.958 bits per heavy atom. The van der Waals surface area contributed by atoms with E-state index in [1.807, 2.05) is 30.3 Å². The van der Waals surface area contributed by atoms with Crippen LogP contribution in [-0.4, -0.2) is 17.9 Å². The van der Waals surface area contributed by atoms with Crippen molar-refractivity contribution in [1.29, 1.82) is 0 Å². The molecule has 1 aliphatic heterocycles. The lowest BCUT2D eigenvalue weighted by Gasteiger charge is -2.12. The highest BCUT2D eigenvalue weighted by atomic mass is 16.2. The highest BCUT2D eigenvalue weighted by molar-refractivity contribution is 5.96. The summed E-state index contributed by atoms with van der Waals surface area (Å²) in [5.41, 5.74) is 8.65. The Bertz CT molecular complexity index is 733. The number of amides is 2. The Hall–Kier alpha value is -2.70. The lowest BCUT2D eigenvalue weighted by Crippen LogP contribution is -2.39. The van der Waals surface area contributed by atoms with E-state index in [0.717, 1.165) is 5.56 Å². The zero-order chi connectivity index (χ0) is 16.9. The SMILES string of the molecule is CC(=O)Nc1cccc(NC(=O)C2CC(c3ccccc3)NN2)c1. The summed E-state index contributed by atoms with van der Waals surface area (Å²) < 4.78 is 0. The predicted molar refractivity (Wildman–Crippen MR) is 93.2 cm³/mol. The first-order valence-electron chi connectivity index (χ1n) is 7.86. The van der Waals surface area contributed by atoms with Gasteiger partial charge in [0.2, 0.25) is 11.8 Å². The van der Waals surface area contributed by atoms with Gasteiger partial charge in [0.05, 0.1) is 0 Å². The first kappa shape index (κ1) is 16.2. The molecule has 2 unspecified atom stereocenters. The highest BCUT2D eigenvalue weighted by Crippen LogP contribution is 2.23. The summed E-state index contributed by atoms with van der Waals surface area (Å²) >= 11 is 0. The quantitative estimate of drug-likeness (QED) is 0.695.